The molecule has 0 aromatic rings. The third-order valence-corrected chi connectivity index (χ3v) is 25.2. The van der Waals surface area contributed by atoms with Crippen molar-refractivity contribution >= 4 is 17.9 Å². The van der Waals surface area contributed by atoms with E-state index < -0.39 is 281 Å². The molecule has 11 aliphatic rings. The fourth-order valence-electron chi connectivity index (χ4n) is 19.8. The van der Waals surface area contributed by atoms with E-state index in [9.17, 15) is 86.2 Å². The maximum absolute atomic E-state index is 15.2. The minimum Gasteiger partial charge on any atom is -0.462 e. The fraction of sp³-hybridized carbons (Fsp3) is 0.929. The van der Waals surface area contributed by atoms with Crippen molar-refractivity contribution in [2.75, 3.05) is 53.9 Å². The largest absolute Gasteiger partial charge is 0.462 e. The molecule has 4 aliphatic carbocycles. The number of ether oxygens (including phenoxy) is 17. The third kappa shape index (κ3) is 14.9. The van der Waals surface area contributed by atoms with Gasteiger partial charge in [-0.1, -0.05) is 53.2 Å². The summed E-state index contributed by atoms with van der Waals surface area (Å²) in [6, 6.07) is 0. The Morgan fingerprint density at radius 2 is 1.05 bits per heavy atom. The molecule has 0 aromatic heterocycles. The highest BCUT2D eigenvalue weighted by Gasteiger charge is 2.81. The summed E-state index contributed by atoms with van der Waals surface area (Å²) in [5, 5.41) is 168. The number of carbonyl (C=O) groups excluding carboxylic acids is 3. The van der Waals surface area contributed by atoms with Crippen LogP contribution in [0.5, 0.6) is 0 Å². The van der Waals surface area contributed by atoms with E-state index in [1.807, 2.05) is 13.8 Å². The lowest BCUT2D eigenvalue weighted by Crippen LogP contribution is -2.67. The van der Waals surface area contributed by atoms with E-state index >= 15 is 4.79 Å². The average Bonchev–Trinajstić information content (AvgIpc) is 1.49. The first-order chi connectivity index (χ1) is 49.5. The summed E-state index contributed by atoms with van der Waals surface area (Å²) in [4.78, 5) is 41.1. The second kappa shape index (κ2) is 32.6. The SMILES string of the molecule is CO[C@@H]1[C@@H](O)[C@H](O[C@@H]2[C@@H](O)[C@H](O[C@@H]3CO[C@@H](O[C@H]4CC[C@]5(C)C6=CC[C@]78C(=O)O[C@@](C)(C(CCC(C)C)OC(C)=O)[C@H]7[C@@H](OC(C)=O)C[C@@]8(C)[C@@H]6CC[C@H]5C4(C)C)[C@H](O[C@@H]4O[C@H](CO)[C@@H](O[C@@H]5OC[C@@H](O)[C@H](O[C@@H]6O[C@H](CO)[C@@H](O)[C@H](OC)[C@H]6O)[C@H]5O)[C@H](O)[C@H]4O)[C@H]3O)O[C@H](CO)[C@H]2O)O[C@H](CO)[C@H]1O. The van der Waals surface area contributed by atoms with Gasteiger partial charge in [0.15, 0.2) is 43.3 Å². The Morgan fingerprint density at radius 3 is 1.61 bits per heavy atom. The molecule has 35 nitrogen and oxygen atoms in total. The first kappa shape index (κ1) is 82.9. The van der Waals surface area contributed by atoms with Crippen LogP contribution in [0, 0.1) is 45.3 Å². The number of fused-ring (bicyclic) bond motifs is 4. The molecule has 11 rings (SSSR count). The van der Waals surface area contributed by atoms with Crippen LogP contribution in [0.25, 0.3) is 0 Å². The Labute approximate surface area is 607 Å². The van der Waals surface area contributed by atoms with Gasteiger partial charge in [0, 0.05) is 28.1 Å². The molecule has 7 saturated heterocycles. The summed E-state index contributed by atoms with van der Waals surface area (Å²) in [5.41, 5.74) is -3.50. The smallest absolute Gasteiger partial charge is 0.314 e. The van der Waals surface area contributed by atoms with Gasteiger partial charge in [-0.25, -0.2) is 0 Å². The van der Waals surface area contributed by atoms with Crippen LogP contribution < -0.4 is 0 Å². The van der Waals surface area contributed by atoms with Gasteiger partial charge in [-0.15, -0.1) is 0 Å². The predicted octanol–water partition coefficient (Wildman–Crippen LogP) is -4.31. The molecule has 0 amide bonds. The molecular formula is C70H112O35. The lowest BCUT2D eigenvalue weighted by molar-refractivity contribution is -0.396. The lowest BCUT2D eigenvalue weighted by Gasteiger charge is -2.63. The Morgan fingerprint density at radius 1 is 0.533 bits per heavy atom. The second-order valence-corrected chi connectivity index (χ2v) is 32.1. The molecule has 0 bridgehead atoms. The van der Waals surface area contributed by atoms with Crippen molar-refractivity contribution in [1.82, 2.24) is 0 Å². The van der Waals surface area contributed by atoms with E-state index in [2.05, 4.69) is 33.8 Å². The first-order valence-electron chi connectivity index (χ1n) is 36.6. The molecular weight excluding hydrogens is 1400 g/mol. The van der Waals surface area contributed by atoms with E-state index in [4.69, 9.17) is 80.5 Å². The molecule has 3 saturated carbocycles. The quantitative estimate of drug-likeness (QED) is 0.0188. The summed E-state index contributed by atoms with van der Waals surface area (Å²) in [6.07, 6.45) is -45.0. The van der Waals surface area contributed by atoms with Crippen LogP contribution in [-0.4, -0.2) is 344 Å². The Balaban J connectivity index is 0.854. The van der Waals surface area contributed by atoms with Gasteiger partial charge in [0.25, 0.3) is 0 Å². The maximum atomic E-state index is 15.2. The summed E-state index contributed by atoms with van der Waals surface area (Å²) in [6.45, 7) is 12.4. The number of rotatable bonds is 24. The van der Waals surface area contributed by atoms with Gasteiger partial charge >= 0.3 is 17.9 Å². The predicted molar refractivity (Wildman–Crippen MR) is 348 cm³/mol. The molecule has 0 aromatic carbocycles. The molecule has 1 spiro atoms. The van der Waals surface area contributed by atoms with Gasteiger partial charge in [-0.05, 0) is 92.3 Å². The summed E-state index contributed by atoms with van der Waals surface area (Å²) >= 11 is 0. The standard InChI is InChI=1S/C70H112O35/c1-27(2)12-15-41(94-29(4)76)69(9)58-33(93-28(3)75)20-68(8)31-13-14-39-66(5,6)40(17-18-67(39,7)30(31)16-19-70(58,68)65(88)105-69)100-64-57(45(81)38(26-92-64)99-61-51(87)56(44(80)36(23-73)95-61)103-63-50(86)55(90-11)43(79)35(22-72)97-63)104-60-47(83)46(82)53(37(24-74)98-60)102-59-48(84)52(32(77)25-91-59)101-62-49(85)54(89-10)42(78)34(21-71)96-62/h16,27,31-64,71-74,77-87H,12-15,17-26H2,1-11H3/t31-,32-,33+,34-,35-,36-,37-,38-,39+,40+,41?,42-,43-,44-,45+,46-,47-,48-,49-,50-,51-,52+,53-,54+,55+,56+,57-,58-,59+,60+,61+,62+,63+,64+,67-,68+,69+,70-/m1/s1. The molecule has 7 aliphatic heterocycles. The molecule has 602 valence electrons. The van der Waals surface area contributed by atoms with Crippen molar-refractivity contribution < 1.29 is 172 Å². The van der Waals surface area contributed by atoms with Crippen molar-refractivity contribution in [2.24, 2.45) is 45.3 Å². The van der Waals surface area contributed by atoms with Gasteiger partial charge in [0.1, 0.15) is 146 Å². The van der Waals surface area contributed by atoms with E-state index in [1.165, 1.54) is 28.1 Å². The minimum absolute atomic E-state index is 0.143. The minimum atomic E-state index is -2.16. The van der Waals surface area contributed by atoms with Crippen LogP contribution in [0.15, 0.2) is 11.6 Å². The van der Waals surface area contributed by atoms with E-state index in [0.717, 1.165) is 5.57 Å². The lowest BCUT2D eigenvalue weighted by atomic mass is 9.41. The highest BCUT2D eigenvalue weighted by atomic mass is 16.8. The second-order valence-electron chi connectivity index (χ2n) is 32.1. The molecule has 38 atom stereocenters. The van der Waals surface area contributed by atoms with Crippen molar-refractivity contribution in [3.8, 4) is 0 Å². The third-order valence-electron chi connectivity index (χ3n) is 25.2. The number of aliphatic hydroxyl groups excluding tert-OH is 15. The monoisotopic (exact) mass is 1510 g/mol. The highest BCUT2D eigenvalue weighted by Crippen LogP contribution is 2.77. The van der Waals surface area contributed by atoms with Crippen LogP contribution in [0.3, 0.4) is 0 Å². The van der Waals surface area contributed by atoms with Gasteiger partial charge < -0.3 is 157 Å². The molecule has 1 unspecified atom stereocenters. The molecule has 105 heavy (non-hydrogen) atoms. The topological polar surface area (TPSA) is 512 Å². The van der Waals surface area contributed by atoms with Crippen LogP contribution in [0.4, 0.5) is 0 Å². The Bertz CT molecular complexity index is 2980. The average molecular weight is 1510 g/mol. The summed E-state index contributed by atoms with van der Waals surface area (Å²) < 4.78 is 102. The highest BCUT2D eigenvalue weighted by molar-refractivity contribution is 5.84. The van der Waals surface area contributed by atoms with Crippen LogP contribution in [0.1, 0.15) is 114 Å². The molecule has 10 fully saturated rings. The van der Waals surface area contributed by atoms with Gasteiger partial charge in [-0.3, -0.25) is 14.4 Å². The van der Waals surface area contributed by atoms with Crippen molar-refractivity contribution in [2.45, 2.75) is 310 Å². The number of hydrogen-bond acceptors (Lipinski definition) is 35. The Hall–Kier alpha value is -3.01. The first-order valence-corrected chi connectivity index (χ1v) is 36.6. The van der Waals surface area contributed by atoms with Gasteiger partial charge in [0.2, 0.25) is 0 Å². The normalized spacial score (nSPS) is 50.0. The maximum Gasteiger partial charge on any atom is 0.314 e. The fourth-order valence-corrected chi connectivity index (χ4v) is 19.8. The van der Waals surface area contributed by atoms with Crippen molar-refractivity contribution in [3.05, 3.63) is 11.6 Å². The zero-order valence-corrected chi connectivity index (χ0v) is 61.1. The van der Waals surface area contributed by atoms with E-state index in [1.54, 1.807) is 6.92 Å². The Kier molecular flexibility index (Phi) is 25.8. The number of methoxy groups -OCH3 is 2. The van der Waals surface area contributed by atoms with Gasteiger partial charge in [-0.2, -0.15) is 0 Å². The van der Waals surface area contributed by atoms with E-state index in [-0.39, 0.29) is 24.2 Å². The zero-order valence-electron chi connectivity index (χ0n) is 61.1. The number of allylic oxidation sites excluding steroid dienone is 2. The van der Waals surface area contributed by atoms with Crippen LogP contribution >= 0.6 is 0 Å². The summed E-state index contributed by atoms with van der Waals surface area (Å²) in [7, 11) is 2.35. The number of cyclic esters (lactones) is 1. The van der Waals surface area contributed by atoms with Crippen molar-refractivity contribution in [1.29, 1.82) is 0 Å². The molecule has 7 heterocycles. The van der Waals surface area contributed by atoms with E-state index in [0.29, 0.717) is 44.9 Å². The number of esters is 3. The van der Waals surface area contributed by atoms with Gasteiger partial charge in [0.05, 0.1) is 57.1 Å². The zero-order chi connectivity index (χ0) is 76.6. The van der Waals surface area contributed by atoms with Crippen LogP contribution in [-0.2, 0) is 94.9 Å². The molecule has 15 N–H and O–H groups in total. The summed E-state index contributed by atoms with van der Waals surface area (Å²) in [5.74, 6) is -2.28. The molecule has 35 heteroatoms. The van der Waals surface area contributed by atoms with Crippen molar-refractivity contribution in [3.63, 3.8) is 0 Å². The number of aliphatic hydroxyl groups is 15. The number of hydrogen-bond donors (Lipinski definition) is 15. The molecule has 0 radical (unpaired) electrons. The number of carbonyl (C=O) groups is 3. The van der Waals surface area contributed by atoms with Crippen LogP contribution in [0.2, 0.25) is 0 Å².